The van der Waals surface area contributed by atoms with Crippen molar-refractivity contribution in [2.75, 3.05) is 38.2 Å². The second-order valence-electron chi connectivity index (χ2n) is 7.04. The molecular weight excluding hydrogens is 346 g/mol. The van der Waals surface area contributed by atoms with Gasteiger partial charge in [-0.25, -0.2) is 9.47 Å². The van der Waals surface area contributed by atoms with E-state index < -0.39 is 0 Å². The molecule has 0 radical (unpaired) electrons. The van der Waals surface area contributed by atoms with Crippen LogP contribution in [-0.4, -0.2) is 52.8 Å². The van der Waals surface area contributed by atoms with Crippen LogP contribution in [0.25, 0.3) is 0 Å². The fourth-order valence-corrected chi connectivity index (χ4v) is 4.74. The van der Waals surface area contributed by atoms with Crippen LogP contribution in [0.15, 0.2) is 34.3 Å². The van der Waals surface area contributed by atoms with Crippen molar-refractivity contribution < 1.29 is 0 Å². The molecule has 1 aliphatic heterocycles. The standard InChI is InChI=1S/C19H25N5OS/c1-22-10-12-23(13-11-22)24-17-5-3-2-4-16(17)18(21-19(24)25)26-14-15-6-8-20-9-7-15/h6-9H,2-5,10-14H2,1H3. The summed E-state index contributed by atoms with van der Waals surface area (Å²) < 4.78 is 1.89. The Morgan fingerprint density at radius 3 is 2.58 bits per heavy atom. The van der Waals surface area contributed by atoms with Gasteiger partial charge in [0.2, 0.25) is 0 Å². The molecule has 7 heteroatoms. The molecule has 0 aromatic carbocycles. The summed E-state index contributed by atoms with van der Waals surface area (Å²) in [6.45, 7) is 3.74. The van der Waals surface area contributed by atoms with Crippen molar-refractivity contribution in [3.63, 3.8) is 0 Å². The van der Waals surface area contributed by atoms with Crippen LogP contribution in [0.5, 0.6) is 0 Å². The highest BCUT2D eigenvalue weighted by atomic mass is 32.2. The number of likely N-dealkylation sites (N-methyl/N-ethyl adjacent to an activating group) is 1. The Hall–Kier alpha value is -1.86. The molecule has 2 aromatic heterocycles. The van der Waals surface area contributed by atoms with Crippen LogP contribution >= 0.6 is 11.8 Å². The monoisotopic (exact) mass is 371 g/mol. The molecule has 1 saturated heterocycles. The first-order valence-electron chi connectivity index (χ1n) is 9.32. The quantitative estimate of drug-likeness (QED) is 0.602. The molecule has 1 fully saturated rings. The largest absolute Gasteiger partial charge is 0.367 e. The van der Waals surface area contributed by atoms with Crippen molar-refractivity contribution in [1.82, 2.24) is 19.5 Å². The highest BCUT2D eigenvalue weighted by molar-refractivity contribution is 7.98. The highest BCUT2D eigenvalue weighted by Gasteiger charge is 2.25. The lowest BCUT2D eigenvalue weighted by molar-refractivity contribution is 0.281. The Morgan fingerprint density at radius 2 is 1.81 bits per heavy atom. The zero-order valence-corrected chi connectivity index (χ0v) is 16.0. The Balaban J connectivity index is 1.64. The summed E-state index contributed by atoms with van der Waals surface area (Å²) in [4.78, 5) is 23.7. The van der Waals surface area contributed by atoms with E-state index in [2.05, 4.69) is 26.9 Å². The molecule has 3 heterocycles. The van der Waals surface area contributed by atoms with Crippen molar-refractivity contribution in [2.24, 2.45) is 0 Å². The van der Waals surface area contributed by atoms with E-state index in [0.717, 1.165) is 56.2 Å². The second-order valence-corrected chi connectivity index (χ2v) is 8.01. The van der Waals surface area contributed by atoms with Crippen molar-refractivity contribution in [2.45, 2.75) is 36.5 Å². The zero-order chi connectivity index (χ0) is 17.9. The minimum Gasteiger partial charge on any atom is -0.306 e. The number of thioether (sulfide) groups is 1. The molecule has 0 saturated carbocycles. The van der Waals surface area contributed by atoms with E-state index in [9.17, 15) is 4.79 Å². The van der Waals surface area contributed by atoms with E-state index in [1.807, 2.05) is 29.2 Å². The minimum atomic E-state index is -0.118. The fraction of sp³-hybridized carbons (Fsp3) is 0.526. The number of hydrogen-bond acceptors (Lipinski definition) is 6. The van der Waals surface area contributed by atoms with Gasteiger partial charge < -0.3 is 9.91 Å². The van der Waals surface area contributed by atoms with Crippen LogP contribution in [0.2, 0.25) is 0 Å². The van der Waals surface area contributed by atoms with E-state index in [0.29, 0.717) is 0 Å². The van der Waals surface area contributed by atoms with Crippen LogP contribution in [-0.2, 0) is 18.6 Å². The molecule has 0 bridgehead atoms. The van der Waals surface area contributed by atoms with Gasteiger partial charge in [0.25, 0.3) is 0 Å². The molecule has 0 spiro atoms. The van der Waals surface area contributed by atoms with E-state index in [1.54, 1.807) is 11.8 Å². The third-order valence-corrected chi connectivity index (χ3v) is 6.31. The van der Waals surface area contributed by atoms with Crippen LogP contribution in [0.1, 0.15) is 29.7 Å². The number of hydrogen-bond donors (Lipinski definition) is 0. The lowest BCUT2D eigenvalue weighted by Gasteiger charge is -2.37. The van der Waals surface area contributed by atoms with Crippen LogP contribution in [0.4, 0.5) is 0 Å². The van der Waals surface area contributed by atoms with Crippen LogP contribution < -0.4 is 10.7 Å². The summed E-state index contributed by atoms with van der Waals surface area (Å²) in [6, 6.07) is 4.04. The van der Waals surface area contributed by atoms with Gasteiger partial charge in [-0.2, -0.15) is 4.98 Å². The Kier molecular flexibility index (Phi) is 5.26. The van der Waals surface area contributed by atoms with Gasteiger partial charge in [-0.15, -0.1) is 11.8 Å². The molecule has 0 atom stereocenters. The number of aromatic nitrogens is 3. The summed E-state index contributed by atoms with van der Waals surface area (Å²) in [5.74, 6) is 0.819. The normalized spacial score (nSPS) is 18.0. The molecule has 2 aliphatic rings. The van der Waals surface area contributed by atoms with Gasteiger partial charge in [0.05, 0.1) is 5.69 Å². The predicted molar refractivity (Wildman–Crippen MR) is 104 cm³/mol. The Bertz CT molecular complexity index is 815. The third kappa shape index (κ3) is 3.64. The van der Waals surface area contributed by atoms with Gasteiger partial charge in [-0.3, -0.25) is 4.98 Å². The summed E-state index contributed by atoms with van der Waals surface area (Å²) in [6.07, 6.45) is 7.95. The molecule has 1 aliphatic carbocycles. The van der Waals surface area contributed by atoms with Gasteiger partial charge in [0, 0.05) is 49.9 Å². The Labute approximate surface area is 158 Å². The van der Waals surface area contributed by atoms with E-state index >= 15 is 0 Å². The first-order chi connectivity index (χ1) is 12.7. The van der Waals surface area contributed by atoms with Gasteiger partial charge >= 0.3 is 5.69 Å². The predicted octanol–water partition coefficient (Wildman–Crippen LogP) is 1.69. The maximum atomic E-state index is 12.9. The van der Waals surface area contributed by atoms with Gasteiger partial charge in [0.15, 0.2) is 0 Å². The van der Waals surface area contributed by atoms with Crippen molar-refractivity contribution >= 4 is 11.8 Å². The first-order valence-corrected chi connectivity index (χ1v) is 10.3. The fourth-order valence-electron chi connectivity index (χ4n) is 3.71. The average Bonchev–Trinajstić information content (AvgIpc) is 2.68. The molecule has 138 valence electrons. The van der Waals surface area contributed by atoms with Crippen molar-refractivity contribution in [3.05, 3.63) is 51.8 Å². The lowest BCUT2D eigenvalue weighted by atomic mass is 9.97. The second kappa shape index (κ2) is 7.80. The zero-order valence-electron chi connectivity index (χ0n) is 15.2. The average molecular weight is 372 g/mol. The summed E-state index contributed by atoms with van der Waals surface area (Å²) in [5.41, 5.74) is 3.57. The number of fused-ring (bicyclic) bond motifs is 1. The van der Waals surface area contributed by atoms with E-state index in [1.165, 1.54) is 23.2 Å². The van der Waals surface area contributed by atoms with Gasteiger partial charge in [0.1, 0.15) is 5.03 Å². The molecule has 6 nitrogen and oxygen atoms in total. The summed E-state index contributed by atoms with van der Waals surface area (Å²) in [7, 11) is 2.13. The molecule has 0 N–H and O–H groups in total. The van der Waals surface area contributed by atoms with Gasteiger partial charge in [-0.05, 0) is 50.4 Å². The smallest absolute Gasteiger partial charge is 0.306 e. The first kappa shape index (κ1) is 17.5. The summed E-state index contributed by atoms with van der Waals surface area (Å²) in [5, 5.41) is 3.11. The third-order valence-electron chi connectivity index (χ3n) is 5.22. The van der Waals surface area contributed by atoms with Crippen molar-refractivity contribution in [1.29, 1.82) is 0 Å². The van der Waals surface area contributed by atoms with Crippen LogP contribution in [0, 0.1) is 0 Å². The lowest BCUT2D eigenvalue weighted by Crippen LogP contribution is -2.54. The van der Waals surface area contributed by atoms with Gasteiger partial charge in [-0.1, -0.05) is 0 Å². The molecule has 26 heavy (non-hydrogen) atoms. The maximum absolute atomic E-state index is 12.9. The number of piperazine rings is 1. The Morgan fingerprint density at radius 1 is 1.08 bits per heavy atom. The number of pyridine rings is 1. The summed E-state index contributed by atoms with van der Waals surface area (Å²) >= 11 is 1.68. The number of rotatable bonds is 4. The van der Waals surface area contributed by atoms with E-state index in [4.69, 9.17) is 0 Å². The molecule has 0 amide bonds. The molecule has 0 unspecified atom stereocenters. The number of nitrogens with zero attached hydrogens (tertiary/aromatic N) is 5. The molecule has 2 aromatic rings. The van der Waals surface area contributed by atoms with E-state index in [-0.39, 0.29) is 5.69 Å². The minimum absolute atomic E-state index is 0.118. The topological polar surface area (TPSA) is 54.3 Å². The van der Waals surface area contributed by atoms with Crippen LogP contribution in [0.3, 0.4) is 0 Å². The molecular formula is C19H25N5OS. The highest BCUT2D eigenvalue weighted by Crippen LogP contribution is 2.30. The SMILES string of the molecule is CN1CCN(n2c3c(c(SCc4ccncc4)nc2=O)CCCC3)CC1. The van der Waals surface area contributed by atoms with Crippen molar-refractivity contribution in [3.8, 4) is 0 Å². The maximum Gasteiger partial charge on any atom is 0.367 e. The molecule has 4 rings (SSSR count).